The number of hydrogen-bond acceptors (Lipinski definition) is 1. The van der Waals surface area contributed by atoms with Crippen LogP contribution in [-0.4, -0.2) is 5.78 Å². The first kappa shape index (κ1) is 16.2. The molecule has 19 heavy (non-hydrogen) atoms. The highest BCUT2D eigenvalue weighted by molar-refractivity contribution is 5.91. The standard InChI is InChI=1S/C18H30O/c1-3-5-7-8-11-16(10-6-4-2)14-17-12-9-13-18(19)15-17/h14-15H,3-13H2,1-2H3. The van der Waals surface area contributed by atoms with E-state index < -0.39 is 0 Å². The lowest BCUT2D eigenvalue weighted by atomic mass is 9.93. The van der Waals surface area contributed by atoms with Gasteiger partial charge in [0, 0.05) is 6.42 Å². The van der Waals surface area contributed by atoms with E-state index in [0.29, 0.717) is 5.78 Å². The SMILES string of the molecule is CCCCCCC(=CC1=CC(=O)CCC1)CCCC. The molecule has 0 spiro atoms. The number of ketones is 1. The van der Waals surface area contributed by atoms with Crippen molar-refractivity contribution in [3.8, 4) is 0 Å². The summed E-state index contributed by atoms with van der Waals surface area (Å²) >= 11 is 0. The molecule has 0 aromatic carbocycles. The van der Waals surface area contributed by atoms with Crippen LogP contribution in [0.3, 0.4) is 0 Å². The van der Waals surface area contributed by atoms with Gasteiger partial charge in [-0.3, -0.25) is 4.79 Å². The lowest BCUT2D eigenvalue weighted by Gasteiger charge is -2.12. The Balaban J connectivity index is 2.53. The van der Waals surface area contributed by atoms with Crippen LogP contribution in [0.5, 0.6) is 0 Å². The molecule has 1 aliphatic rings. The van der Waals surface area contributed by atoms with Crippen molar-refractivity contribution in [2.45, 2.75) is 84.5 Å². The van der Waals surface area contributed by atoms with Crippen LogP contribution in [0.4, 0.5) is 0 Å². The molecule has 0 aromatic heterocycles. The Morgan fingerprint density at radius 2 is 1.79 bits per heavy atom. The molecule has 0 bridgehead atoms. The van der Waals surface area contributed by atoms with Gasteiger partial charge in [0.25, 0.3) is 0 Å². The minimum Gasteiger partial charge on any atom is -0.295 e. The van der Waals surface area contributed by atoms with Crippen LogP contribution in [0.1, 0.15) is 84.5 Å². The van der Waals surface area contributed by atoms with Gasteiger partial charge in [0.05, 0.1) is 0 Å². The van der Waals surface area contributed by atoms with E-state index in [1.165, 1.54) is 56.9 Å². The van der Waals surface area contributed by atoms with E-state index in [1.54, 1.807) is 5.57 Å². The van der Waals surface area contributed by atoms with Crippen LogP contribution in [0.2, 0.25) is 0 Å². The molecular formula is C18H30O. The first-order valence-corrected chi connectivity index (χ1v) is 8.19. The Labute approximate surface area is 119 Å². The van der Waals surface area contributed by atoms with E-state index in [9.17, 15) is 4.79 Å². The van der Waals surface area contributed by atoms with Crippen LogP contribution in [0, 0.1) is 0 Å². The van der Waals surface area contributed by atoms with Crippen molar-refractivity contribution in [2.24, 2.45) is 0 Å². The third-order valence-electron chi connectivity index (χ3n) is 3.83. The van der Waals surface area contributed by atoms with E-state index in [-0.39, 0.29) is 0 Å². The lowest BCUT2D eigenvalue weighted by Crippen LogP contribution is -2.01. The maximum atomic E-state index is 11.5. The number of allylic oxidation sites excluding steroid dienone is 4. The normalized spacial score (nSPS) is 16.6. The second-order valence-electron chi connectivity index (χ2n) is 5.76. The largest absolute Gasteiger partial charge is 0.295 e. The second-order valence-corrected chi connectivity index (χ2v) is 5.76. The third-order valence-corrected chi connectivity index (χ3v) is 3.83. The van der Waals surface area contributed by atoms with Crippen LogP contribution in [0.25, 0.3) is 0 Å². The third kappa shape index (κ3) is 7.34. The summed E-state index contributed by atoms with van der Waals surface area (Å²) in [6, 6.07) is 0. The molecule has 1 aliphatic carbocycles. The Morgan fingerprint density at radius 3 is 2.47 bits per heavy atom. The van der Waals surface area contributed by atoms with Gasteiger partial charge < -0.3 is 0 Å². The van der Waals surface area contributed by atoms with E-state index >= 15 is 0 Å². The number of rotatable bonds is 9. The van der Waals surface area contributed by atoms with Crippen molar-refractivity contribution < 1.29 is 4.79 Å². The highest BCUT2D eigenvalue weighted by Gasteiger charge is 2.09. The maximum absolute atomic E-state index is 11.5. The van der Waals surface area contributed by atoms with Gasteiger partial charge >= 0.3 is 0 Å². The van der Waals surface area contributed by atoms with Crippen molar-refractivity contribution in [3.63, 3.8) is 0 Å². The molecule has 0 fully saturated rings. The summed E-state index contributed by atoms with van der Waals surface area (Å²) < 4.78 is 0. The Bertz CT molecular complexity index is 323. The van der Waals surface area contributed by atoms with Gasteiger partial charge in [0.1, 0.15) is 0 Å². The zero-order chi connectivity index (χ0) is 13.9. The summed E-state index contributed by atoms with van der Waals surface area (Å²) in [4.78, 5) is 11.5. The average molecular weight is 262 g/mol. The minimum atomic E-state index is 0.318. The molecule has 1 heteroatoms. The molecule has 108 valence electrons. The summed E-state index contributed by atoms with van der Waals surface area (Å²) in [6.07, 6.45) is 17.4. The quantitative estimate of drug-likeness (QED) is 0.483. The van der Waals surface area contributed by atoms with Gasteiger partial charge in [0.2, 0.25) is 0 Å². The topological polar surface area (TPSA) is 17.1 Å². The van der Waals surface area contributed by atoms with E-state index in [4.69, 9.17) is 0 Å². The first-order chi connectivity index (χ1) is 9.26. The van der Waals surface area contributed by atoms with Crippen molar-refractivity contribution in [3.05, 3.63) is 23.3 Å². The smallest absolute Gasteiger partial charge is 0.155 e. The molecule has 0 heterocycles. The fraction of sp³-hybridized carbons (Fsp3) is 0.722. The molecule has 1 nitrogen and oxygen atoms in total. The highest BCUT2D eigenvalue weighted by Crippen LogP contribution is 2.23. The van der Waals surface area contributed by atoms with Crippen molar-refractivity contribution in [2.75, 3.05) is 0 Å². The molecule has 0 aromatic rings. The van der Waals surface area contributed by atoms with Gasteiger partial charge in [-0.2, -0.15) is 0 Å². The second kappa shape index (κ2) is 10.00. The molecule has 0 amide bonds. The van der Waals surface area contributed by atoms with Gasteiger partial charge in [-0.25, -0.2) is 0 Å². The summed E-state index contributed by atoms with van der Waals surface area (Å²) in [6.45, 7) is 4.50. The van der Waals surface area contributed by atoms with Crippen LogP contribution in [0.15, 0.2) is 23.3 Å². The molecule has 1 rings (SSSR count). The summed E-state index contributed by atoms with van der Waals surface area (Å²) in [7, 11) is 0. The summed E-state index contributed by atoms with van der Waals surface area (Å²) in [5.74, 6) is 0.318. The molecule has 0 aliphatic heterocycles. The predicted molar refractivity (Wildman–Crippen MR) is 83.3 cm³/mol. The highest BCUT2D eigenvalue weighted by atomic mass is 16.1. The van der Waals surface area contributed by atoms with Crippen molar-refractivity contribution >= 4 is 5.78 Å². The first-order valence-electron chi connectivity index (χ1n) is 8.19. The molecule has 0 atom stereocenters. The molecule has 0 N–H and O–H groups in total. The van der Waals surface area contributed by atoms with Gasteiger partial charge in [0.15, 0.2) is 5.78 Å². The fourth-order valence-corrected chi connectivity index (χ4v) is 2.65. The lowest BCUT2D eigenvalue weighted by molar-refractivity contribution is -0.115. The molecule has 0 radical (unpaired) electrons. The monoisotopic (exact) mass is 262 g/mol. The van der Waals surface area contributed by atoms with Crippen molar-refractivity contribution in [1.82, 2.24) is 0 Å². The zero-order valence-corrected chi connectivity index (χ0v) is 12.8. The van der Waals surface area contributed by atoms with Crippen LogP contribution >= 0.6 is 0 Å². The molecule has 0 saturated carbocycles. The Hall–Kier alpha value is -0.850. The predicted octanol–water partition coefficient (Wildman–Crippen LogP) is 5.75. The number of carbonyl (C=O) groups excluding carboxylic acids is 1. The number of carbonyl (C=O) groups is 1. The fourth-order valence-electron chi connectivity index (χ4n) is 2.65. The minimum absolute atomic E-state index is 0.318. The van der Waals surface area contributed by atoms with E-state index in [2.05, 4.69) is 19.9 Å². The molecule has 0 unspecified atom stereocenters. The molecule has 0 saturated heterocycles. The average Bonchev–Trinajstić information content (AvgIpc) is 2.40. The van der Waals surface area contributed by atoms with Gasteiger partial charge in [-0.05, 0) is 50.2 Å². The van der Waals surface area contributed by atoms with E-state index in [1.807, 2.05) is 6.08 Å². The van der Waals surface area contributed by atoms with Crippen LogP contribution < -0.4 is 0 Å². The van der Waals surface area contributed by atoms with Gasteiger partial charge in [-0.1, -0.05) is 51.2 Å². The van der Waals surface area contributed by atoms with E-state index in [0.717, 1.165) is 19.3 Å². The van der Waals surface area contributed by atoms with Gasteiger partial charge in [-0.15, -0.1) is 0 Å². The number of hydrogen-bond donors (Lipinski definition) is 0. The summed E-state index contributed by atoms with van der Waals surface area (Å²) in [5, 5.41) is 0. The van der Waals surface area contributed by atoms with Crippen LogP contribution in [-0.2, 0) is 4.79 Å². The Kier molecular flexibility index (Phi) is 8.53. The summed E-state index contributed by atoms with van der Waals surface area (Å²) in [5.41, 5.74) is 2.84. The Morgan fingerprint density at radius 1 is 1.05 bits per heavy atom. The zero-order valence-electron chi connectivity index (χ0n) is 12.8. The molecular weight excluding hydrogens is 232 g/mol. The number of unbranched alkanes of at least 4 members (excludes halogenated alkanes) is 4. The maximum Gasteiger partial charge on any atom is 0.155 e. The van der Waals surface area contributed by atoms with Crippen molar-refractivity contribution in [1.29, 1.82) is 0 Å².